The average molecular weight is 317 g/mol. The van der Waals surface area contributed by atoms with Crippen LogP contribution in [0.4, 0.5) is 4.39 Å². The number of hydrogen-bond donors (Lipinski definition) is 0. The molecule has 1 heterocycles. The molecule has 3 aromatic rings. The first-order valence-corrected chi connectivity index (χ1v) is 7.64. The average Bonchev–Trinajstić information content (AvgIpc) is 2.61. The molecule has 1 aromatic heterocycles. The summed E-state index contributed by atoms with van der Waals surface area (Å²) in [4.78, 5) is 15.4. The summed E-state index contributed by atoms with van der Waals surface area (Å²) in [7, 11) is 0. The molecular weight excluding hydrogens is 301 g/mol. The molecule has 0 radical (unpaired) electrons. The molecule has 118 valence electrons. The fraction of sp³-hybridized carbons (Fsp3) is 0.0476. The number of benzene rings is 2. The largest absolute Gasteiger partial charge is 0.299 e. The lowest BCUT2D eigenvalue weighted by Crippen LogP contribution is -1.95. The van der Waals surface area contributed by atoms with E-state index in [1.807, 2.05) is 43.3 Å². The lowest BCUT2D eigenvalue weighted by Gasteiger charge is -2.12. The summed E-state index contributed by atoms with van der Waals surface area (Å²) < 4.78 is 13.3. The first-order chi connectivity index (χ1) is 11.7. The minimum atomic E-state index is -0.280. The zero-order valence-corrected chi connectivity index (χ0v) is 13.2. The maximum atomic E-state index is 13.3. The summed E-state index contributed by atoms with van der Waals surface area (Å²) in [6.45, 7) is 1.91. The van der Waals surface area contributed by atoms with Crippen LogP contribution in [0.5, 0.6) is 0 Å². The predicted octanol–water partition coefficient (Wildman–Crippen LogP) is 5.08. The van der Waals surface area contributed by atoms with Crippen molar-refractivity contribution in [2.24, 2.45) is 0 Å². The minimum absolute atomic E-state index is 0.280. The van der Waals surface area contributed by atoms with Crippen LogP contribution >= 0.6 is 0 Å². The Kier molecular flexibility index (Phi) is 4.62. The van der Waals surface area contributed by atoms with Gasteiger partial charge in [0.2, 0.25) is 0 Å². The Balaban J connectivity index is 2.22. The molecule has 0 amide bonds. The molecule has 0 spiro atoms. The quantitative estimate of drug-likeness (QED) is 0.496. The summed E-state index contributed by atoms with van der Waals surface area (Å²) in [5, 5.41) is 0. The number of nitrogens with zero attached hydrogens (tertiary/aromatic N) is 1. The number of pyridine rings is 1. The van der Waals surface area contributed by atoms with Crippen LogP contribution in [0.3, 0.4) is 0 Å². The maximum Gasteiger partial charge on any atom is 0.142 e. The van der Waals surface area contributed by atoms with Gasteiger partial charge in [0.15, 0.2) is 0 Å². The monoisotopic (exact) mass is 317 g/mol. The van der Waals surface area contributed by atoms with Crippen LogP contribution in [0.25, 0.3) is 28.5 Å². The molecule has 0 N–H and O–H groups in total. The smallest absolute Gasteiger partial charge is 0.142 e. The Hall–Kier alpha value is -3.07. The number of aryl methyl sites for hydroxylation is 1. The molecule has 2 aromatic carbocycles. The van der Waals surface area contributed by atoms with E-state index in [4.69, 9.17) is 0 Å². The second-order valence-electron chi connectivity index (χ2n) is 5.42. The highest BCUT2D eigenvalue weighted by atomic mass is 19.1. The molecule has 0 atom stereocenters. The summed E-state index contributed by atoms with van der Waals surface area (Å²) in [5.74, 6) is -0.280. The SMILES string of the molecule is Cc1nc(-c2ccccc2)cc(-c2ccc(F)cc2)c1/C=C/C=O. The predicted molar refractivity (Wildman–Crippen MR) is 94.9 cm³/mol. The van der Waals surface area contributed by atoms with E-state index in [1.165, 1.54) is 18.2 Å². The first-order valence-electron chi connectivity index (χ1n) is 7.64. The van der Waals surface area contributed by atoms with E-state index in [2.05, 4.69) is 4.98 Å². The third-order valence-electron chi connectivity index (χ3n) is 3.82. The van der Waals surface area contributed by atoms with Crippen LogP contribution in [-0.4, -0.2) is 11.3 Å². The second kappa shape index (κ2) is 7.01. The zero-order valence-electron chi connectivity index (χ0n) is 13.2. The first kappa shape index (κ1) is 15.8. The van der Waals surface area contributed by atoms with Crippen LogP contribution in [-0.2, 0) is 4.79 Å². The number of carbonyl (C=O) groups excluding carboxylic acids is 1. The van der Waals surface area contributed by atoms with Crippen molar-refractivity contribution in [1.29, 1.82) is 0 Å². The van der Waals surface area contributed by atoms with Crippen LogP contribution < -0.4 is 0 Å². The Labute approximate surface area is 140 Å². The number of carbonyl (C=O) groups is 1. The summed E-state index contributed by atoms with van der Waals surface area (Å²) >= 11 is 0. The van der Waals surface area contributed by atoms with Crippen molar-refractivity contribution in [3.8, 4) is 22.4 Å². The number of rotatable bonds is 4. The van der Waals surface area contributed by atoms with Crippen LogP contribution in [0.15, 0.2) is 66.7 Å². The lowest BCUT2D eigenvalue weighted by atomic mass is 9.96. The van der Waals surface area contributed by atoms with Crippen molar-refractivity contribution in [2.45, 2.75) is 6.92 Å². The Morgan fingerprint density at radius 3 is 2.33 bits per heavy atom. The Bertz CT molecular complexity index is 884. The molecule has 0 saturated heterocycles. The number of aldehydes is 1. The van der Waals surface area contributed by atoms with Gasteiger partial charge in [-0.3, -0.25) is 9.78 Å². The standard InChI is InChI=1S/C21H16FNO/c1-15-19(8-5-13-24)20(16-9-11-18(22)12-10-16)14-21(23-15)17-6-3-2-4-7-17/h2-14H,1H3/b8-5+. The highest BCUT2D eigenvalue weighted by molar-refractivity contribution is 5.84. The van der Waals surface area contributed by atoms with E-state index in [0.717, 1.165) is 39.9 Å². The van der Waals surface area contributed by atoms with Gasteiger partial charge in [0.05, 0.1) is 5.69 Å². The van der Waals surface area contributed by atoms with Crippen molar-refractivity contribution in [2.75, 3.05) is 0 Å². The molecule has 24 heavy (non-hydrogen) atoms. The normalized spacial score (nSPS) is 10.9. The molecule has 0 unspecified atom stereocenters. The van der Waals surface area contributed by atoms with Gasteiger partial charge in [0, 0.05) is 16.8 Å². The van der Waals surface area contributed by atoms with Gasteiger partial charge in [-0.25, -0.2) is 4.39 Å². The minimum Gasteiger partial charge on any atom is -0.299 e. The van der Waals surface area contributed by atoms with Gasteiger partial charge < -0.3 is 0 Å². The van der Waals surface area contributed by atoms with Gasteiger partial charge >= 0.3 is 0 Å². The summed E-state index contributed by atoms with van der Waals surface area (Å²) in [6, 6.07) is 18.2. The van der Waals surface area contributed by atoms with Crippen LogP contribution in [0, 0.1) is 12.7 Å². The zero-order chi connectivity index (χ0) is 16.9. The number of aromatic nitrogens is 1. The molecule has 3 rings (SSSR count). The molecule has 0 aliphatic rings. The number of halogens is 1. The van der Waals surface area contributed by atoms with Crippen molar-refractivity contribution in [3.63, 3.8) is 0 Å². The van der Waals surface area contributed by atoms with Crippen molar-refractivity contribution >= 4 is 12.4 Å². The van der Waals surface area contributed by atoms with Gasteiger partial charge in [-0.2, -0.15) is 0 Å². The van der Waals surface area contributed by atoms with Gasteiger partial charge in [-0.15, -0.1) is 0 Å². The van der Waals surface area contributed by atoms with Gasteiger partial charge in [0.1, 0.15) is 12.1 Å². The van der Waals surface area contributed by atoms with E-state index < -0.39 is 0 Å². The molecule has 0 aliphatic carbocycles. The molecule has 3 heteroatoms. The maximum absolute atomic E-state index is 13.3. The number of allylic oxidation sites excluding steroid dienone is 1. The number of hydrogen-bond acceptors (Lipinski definition) is 2. The Morgan fingerprint density at radius 2 is 1.67 bits per heavy atom. The van der Waals surface area contributed by atoms with E-state index in [1.54, 1.807) is 18.2 Å². The third-order valence-corrected chi connectivity index (χ3v) is 3.82. The fourth-order valence-corrected chi connectivity index (χ4v) is 2.65. The van der Waals surface area contributed by atoms with Crippen molar-refractivity contribution < 1.29 is 9.18 Å². The molecule has 0 saturated carbocycles. The van der Waals surface area contributed by atoms with Gasteiger partial charge in [-0.05, 0) is 48.4 Å². The molecule has 0 aliphatic heterocycles. The third kappa shape index (κ3) is 3.30. The molecular formula is C21H16FNO. The molecule has 0 fully saturated rings. The van der Waals surface area contributed by atoms with Gasteiger partial charge in [-0.1, -0.05) is 42.5 Å². The van der Waals surface area contributed by atoms with Crippen molar-refractivity contribution in [1.82, 2.24) is 4.98 Å². The Morgan fingerprint density at radius 1 is 0.958 bits per heavy atom. The van der Waals surface area contributed by atoms with Gasteiger partial charge in [0.25, 0.3) is 0 Å². The molecule has 0 bridgehead atoms. The van der Waals surface area contributed by atoms with E-state index in [9.17, 15) is 9.18 Å². The lowest BCUT2D eigenvalue weighted by molar-refractivity contribution is -0.104. The van der Waals surface area contributed by atoms with Crippen LogP contribution in [0.1, 0.15) is 11.3 Å². The van der Waals surface area contributed by atoms with E-state index in [0.29, 0.717) is 0 Å². The highest BCUT2D eigenvalue weighted by Gasteiger charge is 2.11. The van der Waals surface area contributed by atoms with E-state index in [-0.39, 0.29) is 5.82 Å². The topological polar surface area (TPSA) is 30.0 Å². The van der Waals surface area contributed by atoms with Crippen LogP contribution in [0.2, 0.25) is 0 Å². The fourth-order valence-electron chi connectivity index (χ4n) is 2.65. The van der Waals surface area contributed by atoms with Crippen molar-refractivity contribution in [3.05, 3.63) is 83.8 Å². The second-order valence-corrected chi connectivity index (χ2v) is 5.42. The molecule has 2 nitrogen and oxygen atoms in total. The summed E-state index contributed by atoms with van der Waals surface area (Å²) in [5.41, 5.74) is 5.32. The van der Waals surface area contributed by atoms with E-state index >= 15 is 0 Å². The summed E-state index contributed by atoms with van der Waals surface area (Å²) in [6.07, 6.45) is 3.92. The highest BCUT2D eigenvalue weighted by Crippen LogP contribution is 2.31.